The van der Waals surface area contributed by atoms with E-state index in [9.17, 15) is 9.90 Å². The van der Waals surface area contributed by atoms with E-state index in [-0.39, 0.29) is 6.04 Å². The lowest BCUT2D eigenvalue weighted by atomic mass is 9.71. The van der Waals surface area contributed by atoms with Gasteiger partial charge in [-0.1, -0.05) is 48.5 Å². The number of carbonyl (C=O) groups is 1. The Morgan fingerprint density at radius 3 is 2.56 bits per heavy atom. The van der Waals surface area contributed by atoms with Gasteiger partial charge in [0.15, 0.2) is 11.5 Å². The molecule has 3 aromatic rings. The molecule has 2 atom stereocenters. The molecular formula is C30H29N7O2. The number of nitrogens with one attached hydrogen (secondary N) is 2. The number of para-hydroxylation sites is 1. The Bertz CT molecular complexity index is 1550. The van der Waals surface area contributed by atoms with Gasteiger partial charge < -0.3 is 19.9 Å². The highest BCUT2D eigenvalue weighted by Gasteiger charge is 2.51. The molecule has 7 rings (SSSR count). The number of anilines is 1. The van der Waals surface area contributed by atoms with Crippen LogP contribution in [-0.4, -0.2) is 37.1 Å². The van der Waals surface area contributed by atoms with Crippen molar-refractivity contribution in [3.8, 4) is 0 Å². The number of aromatic nitrogens is 2. The summed E-state index contributed by atoms with van der Waals surface area (Å²) in [6.07, 6.45) is 15.9. The van der Waals surface area contributed by atoms with E-state index in [1.807, 2.05) is 42.2 Å². The number of allylic oxidation sites excluding steroid dienone is 2. The number of hydrazone groups is 1. The van der Waals surface area contributed by atoms with Gasteiger partial charge >= 0.3 is 6.09 Å². The topological polar surface area (TPSA) is 98.0 Å². The zero-order chi connectivity index (χ0) is 26.6. The van der Waals surface area contributed by atoms with E-state index in [1.165, 1.54) is 0 Å². The molecule has 1 aromatic heterocycles. The lowest BCUT2D eigenvalue weighted by Gasteiger charge is -2.48. The van der Waals surface area contributed by atoms with E-state index < -0.39 is 17.3 Å². The second kappa shape index (κ2) is 8.62. The van der Waals surface area contributed by atoms with Crippen molar-refractivity contribution < 1.29 is 9.90 Å². The summed E-state index contributed by atoms with van der Waals surface area (Å²) < 4.78 is 1.92. The first-order valence-electron chi connectivity index (χ1n) is 13.1. The molecule has 2 aromatic carbocycles. The molecular weight excluding hydrogens is 490 g/mol. The van der Waals surface area contributed by atoms with Crippen LogP contribution in [-0.2, 0) is 12.6 Å². The van der Waals surface area contributed by atoms with Gasteiger partial charge in [0.05, 0.1) is 17.9 Å². The third-order valence-electron chi connectivity index (χ3n) is 8.26. The quantitative estimate of drug-likeness (QED) is 0.457. The fraction of sp³-hybridized carbons (Fsp3) is 0.233. The third-order valence-corrected chi connectivity index (χ3v) is 8.26. The Hall–Kier alpha value is -4.79. The Morgan fingerprint density at radius 2 is 1.90 bits per heavy atom. The number of nitrogens with zero attached hydrogens (tertiary/aromatic N) is 5. The van der Waals surface area contributed by atoms with Crippen LogP contribution in [0.15, 0.2) is 108 Å². The summed E-state index contributed by atoms with van der Waals surface area (Å²) in [5.41, 5.74) is 7.37. The van der Waals surface area contributed by atoms with E-state index in [1.54, 1.807) is 6.33 Å². The Morgan fingerprint density at radius 1 is 1.10 bits per heavy atom. The first-order chi connectivity index (χ1) is 19.0. The van der Waals surface area contributed by atoms with Crippen LogP contribution < -0.4 is 15.6 Å². The van der Waals surface area contributed by atoms with E-state index >= 15 is 0 Å². The normalized spacial score (nSPS) is 24.2. The van der Waals surface area contributed by atoms with Gasteiger partial charge in [-0.3, -0.25) is 10.3 Å². The first kappa shape index (κ1) is 23.3. The maximum absolute atomic E-state index is 11.5. The second-order valence-corrected chi connectivity index (χ2v) is 10.5. The average Bonchev–Trinajstić information content (AvgIpc) is 3.53. The SMILES string of the molecule is Cn1cnc(C2=NNC34C=CN(c5ccccc5)C(c5ccc(C6(NC(=O)O)CCC6)cc5)C3=CC=CN24)c1. The Kier molecular flexibility index (Phi) is 5.16. The number of benzene rings is 2. The van der Waals surface area contributed by atoms with Crippen molar-refractivity contribution in [2.45, 2.75) is 36.5 Å². The predicted octanol–water partition coefficient (Wildman–Crippen LogP) is 4.56. The smallest absolute Gasteiger partial charge is 0.405 e. The summed E-state index contributed by atoms with van der Waals surface area (Å²) in [5, 5.41) is 17.0. The van der Waals surface area contributed by atoms with Crippen molar-refractivity contribution >= 4 is 17.6 Å². The van der Waals surface area contributed by atoms with Crippen LogP contribution in [0.2, 0.25) is 0 Å². The maximum Gasteiger partial charge on any atom is 0.405 e. The Balaban J connectivity index is 1.30. The van der Waals surface area contributed by atoms with Crippen LogP contribution >= 0.6 is 0 Å². The van der Waals surface area contributed by atoms with Crippen LogP contribution in [0.4, 0.5) is 10.5 Å². The van der Waals surface area contributed by atoms with Gasteiger partial charge in [0.25, 0.3) is 0 Å². The summed E-state index contributed by atoms with van der Waals surface area (Å²) >= 11 is 0. The molecule has 0 radical (unpaired) electrons. The van der Waals surface area contributed by atoms with Crippen LogP contribution in [0.5, 0.6) is 0 Å². The molecule has 1 aliphatic carbocycles. The maximum atomic E-state index is 11.5. The van der Waals surface area contributed by atoms with Gasteiger partial charge in [0.1, 0.15) is 5.69 Å². The number of amides is 1. The molecule has 1 amide bonds. The van der Waals surface area contributed by atoms with Gasteiger partial charge in [-0.25, -0.2) is 9.78 Å². The lowest BCUT2D eigenvalue weighted by Crippen LogP contribution is -2.57. The van der Waals surface area contributed by atoms with Crippen LogP contribution in [0.25, 0.3) is 0 Å². The minimum atomic E-state index is -0.983. The summed E-state index contributed by atoms with van der Waals surface area (Å²) in [6.45, 7) is 0. The third kappa shape index (κ3) is 3.57. The minimum Gasteiger partial charge on any atom is -0.465 e. The highest BCUT2D eigenvalue weighted by molar-refractivity contribution is 6.00. The van der Waals surface area contributed by atoms with Crippen molar-refractivity contribution in [2.24, 2.45) is 12.1 Å². The highest BCUT2D eigenvalue weighted by Crippen LogP contribution is 2.48. The zero-order valence-corrected chi connectivity index (χ0v) is 21.5. The molecule has 9 nitrogen and oxygen atoms in total. The molecule has 0 saturated heterocycles. The van der Waals surface area contributed by atoms with Crippen molar-refractivity contribution in [2.75, 3.05) is 4.90 Å². The van der Waals surface area contributed by atoms with E-state index in [0.29, 0.717) is 0 Å². The standard InChI is InChI=1S/C30H29N7O2/c1-35-19-25(31-20-35)27-33-34-30-16-18-36(23-7-3-2-4-8-23)26(24(30)9-5-17-37(27)30)21-10-12-22(13-11-21)29(14-6-15-29)32-28(38)39/h2-5,7-13,16-20,26,32,34H,6,14-15H2,1H3,(H,38,39). The summed E-state index contributed by atoms with van der Waals surface area (Å²) in [5.74, 6) is 0.760. The van der Waals surface area contributed by atoms with Gasteiger partial charge in [-0.05, 0) is 54.7 Å². The average molecular weight is 520 g/mol. The van der Waals surface area contributed by atoms with E-state index in [2.05, 4.69) is 86.4 Å². The number of rotatable bonds is 5. The molecule has 3 N–H and O–H groups in total. The zero-order valence-electron chi connectivity index (χ0n) is 21.5. The monoisotopic (exact) mass is 519 g/mol. The molecule has 4 aliphatic rings. The molecule has 1 spiro atoms. The molecule has 1 fully saturated rings. The van der Waals surface area contributed by atoms with Crippen LogP contribution in [0, 0.1) is 0 Å². The fourth-order valence-electron chi connectivity index (χ4n) is 6.19. The molecule has 196 valence electrons. The largest absolute Gasteiger partial charge is 0.465 e. The summed E-state index contributed by atoms with van der Waals surface area (Å²) in [7, 11) is 1.95. The number of amidine groups is 1. The van der Waals surface area contributed by atoms with E-state index in [0.717, 1.165) is 53.2 Å². The number of imidazole rings is 1. The van der Waals surface area contributed by atoms with Gasteiger partial charge in [0.2, 0.25) is 0 Å². The van der Waals surface area contributed by atoms with Crippen molar-refractivity contribution in [1.29, 1.82) is 0 Å². The molecule has 2 unspecified atom stereocenters. The number of aryl methyl sites for hydroxylation is 1. The second-order valence-electron chi connectivity index (χ2n) is 10.5. The molecule has 3 aliphatic heterocycles. The number of hydrogen-bond donors (Lipinski definition) is 3. The fourth-order valence-corrected chi connectivity index (χ4v) is 6.19. The lowest BCUT2D eigenvalue weighted by molar-refractivity contribution is 0.144. The van der Waals surface area contributed by atoms with Crippen molar-refractivity contribution in [3.63, 3.8) is 0 Å². The Labute approximate surface area is 226 Å². The first-order valence-corrected chi connectivity index (χ1v) is 13.1. The van der Waals surface area contributed by atoms with Crippen LogP contribution in [0.1, 0.15) is 42.1 Å². The molecule has 9 heteroatoms. The van der Waals surface area contributed by atoms with Gasteiger partial charge in [0, 0.05) is 36.9 Å². The van der Waals surface area contributed by atoms with Gasteiger partial charge in [-0.2, -0.15) is 5.10 Å². The van der Waals surface area contributed by atoms with E-state index in [4.69, 9.17) is 5.10 Å². The molecule has 0 bridgehead atoms. The summed E-state index contributed by atoms with van der Waals surface area (Å²) in [4.78, 5) is 20.5. The van der Waals surface area contributed by atoms with Crippen LogP contribution in [0.3, 0.4) is 0 Å². The van der Waals surface area contributed by atoms with Crippen molar-refractivity contribution in [3.05, 3.63) is 120 Å². The molecule has 4 heterocycles. The molecule has 39 heavy (non-hydrogen) atoms. The number of carboxylic acid groups (broad SMARTS) is 1. The summed E-state index contributed by atoms with van der Waals surface area (Å²) in [6, 6.07) is 18.6. The molecule has 1 saturated carbocycles. The minimum absolute atomic E-state index is 0.130. The highest BCUT2D eigenvalue weighted by atomic mass is 16.4. The predicted molar refractivity (Wildman–Crippen MR) is 149 cm³/mol. The van der Waals surface area contributed by atoms with Gasteiger partial charge in [-0.15, -0.1) is 0 Å². The van der Waals surface area contributed by atoms with Crippen molar-refractivity contribution in [1.82, 2.24) is 25.2 Å². The number of hydrogen-bond acceptors (Lipinski definition) is 6.